The van der Waals surface area contributed by atoms with Gasteiger partial charge in [-0.25, -0.2) is 4.79 Å². The zero-order valence-electron chi connectivity index (χ0n) is 14.0. The molecule has 142 valence electrons. The van der Waals surface area contributed by atoms with Crippen molar-refractivity contribution in [3.8, 4) is 0 Å². The fourth-order valence-corrected chi connectivity index (χ4v) is 5.16. The van der Waals surface area contributed by atoms with Gasteiger partial charge in [-0.1, -0.05) is 0 Å². The average molecular weight is 559 g/mol. The number of amides is 2. The molecule has 0 aliphatic rings. The number of anilines is 1. The molecule has 1 rings (SSSR count). The number of carbonyl (C=O) groups is 4. The number of nitrogens with one attached hydrogen (secondary N) is 1. The summed E-state index contributed by atoms with van der Waals surface area (Å²) in [5.74, 6) is -2.73. The first-order valence-electron chi connectivity index (χ1n) is 7.10. The van der Waals surface area contributed by atoms with Crippen LogP contribution in [-0.4, -0.2) is 49.1 Å². The second kappa shape index (κ2) is 9.47. The van der Waals surface area contributed by atoms with E-state index in [2.05, 4.69) is 53.1 Å². The number of esters is 1. The maximum atomic E-state index is 12.5. The highest BCUT2D eigenvalue weighted by Gasteiger charge is 2.30. The van der Waals surface area contributed by atoms with Gasteiger partial charge < -0.3 is 20.1 Å². The van der Waals surface area contributed by atoms with E-state index in [0.29, 0.717) is 0 Å². The summed E-state index contributed by atoms with van der Waals surface area (Å²) in [4.78, 5) is 47.9. The van der Waals surface area contributed by atoms with Gasteiger partial charge in [-0.05, 0) is 47.8 Å². The molecule has 0 bridgehead atoms. The van der Waals surface area contributed by atoms with Crippen LogP contribution in [0.2, 0.25) is 0 Å². The normalized spacial score (nSPS) is 10.2. The molecule has 0 aliphatic carbocycles. The Morgan fingerprint density at radius 2 is 1.58 bits per heavy atom. The van der Waals surface area contributed by atoms with Gasteiger partial charge in [0.05, 0.1) is 32.3 Å². The minimum atomic E-state index is -1.29. The molecule has 8 nitrogen and oxygen atoms in total. The highest BCUT2D eigenvalue weighted by Crippen LogP contribution is 2.43. The van der Waals surface area contributed by atoms with Crippen molar-refractivity contribution in [1.29, 1.82) is 0 Å². The van der Waals surface area contributed by atoms with Crippen LogP contribution < -0.4 is 10.2 Å². The van der Waals surface area contributed by atoms with Gasteiger partial charge in [0.15, 0.2) is 0 Å². The second-order valence-electron chi connectivity index (χ2n) is 5.02. The topological polar surface area (TPSA) is 113 Å². The van der Waals surface area contributed by atoms with Gasteiger partial charge in [-0.15, -0.1) is 0 Å². The lowest BCUT2D eigenvalue weighted by molar-refractivity contribution is -0.140. The first kappa shape index (κ1) is 22.6. The number of carboxylic acid groups (broad SMARTS) is 1. The molecule has 0 heterocycles. The van der Waals surface area contributed by atoms with Crippen molar-refractivity contribution in [1.82, 2.24) is 5.32 Å². The van der Waals surface area contributed by atoms with E-state index in [4.69, 9.17) is 4.74 Å². The predicted octanol–water partition coefficient (Wildman–Crippen LogP) is 2.95. The number of hydrogen-bond acceptors (Lipinski definition) is 5. The zero-order chi connectivity index (χ0) is 20.2. The molecule has 0 unspecified atom stereocenters. The van der Waals surface area contributed by atoms with Crippen molar-refractivity contribution < 1.29 is 29.0 Å². The smallest absolute Gasteiger partial charge is 0.338 e. The summed E-state index contributed by atoms with van der Waals surface area (Å²) in [5, 5.41) is 12.0. The van der Waals surface area contributed by atoms with Crippen LogP contribution in [0, 0.1) is 0 Å². The molecule has 1 aromatic rings. The van der Waals surface area contributed by atoms with Crippen LogP contribution in [0.3, 0.4) is 0 Å². The molecule has 0 atom stereocenters. The van der Waals surface area contributed by atoms with E-state index in [0.717, 1.165) is 0 Å². The van der Waals surface area contributed by atoms with Crippen molar-refractivity contribution >= 4 is 77.2 Å². The van der Waals surface area contributed by atoms with Crippen molar-refractivity contribution in [3.63, 3.8) is 0 Å². The lowest BCUT2D eigenvalue weighted by atomic mass is 10.1. The Labute approximate surface area is 174 Å². The molecule has 0 saturated carbocycles. The Kier molecular flexibility index (Phi) is 8.22. The Morgan fingerprint density at radius 1 is 1.04 bits per heavy atom. The van der Waals surface area contributed by atoms with Crippen LogP contribution in [0.5, 0.6) is 0 Å². The average Bonchev–Trinajstić information content (AvgIpc) is 2.50. The highest BCUT2D eigenvalue weighted by molar-refractivity contribution is 9.11. The lowest BCUT2D eigenvalue weighted by Gasteiger charge is -2.23. The zero-order valence-corrected chi connectivity index (χ0v) is 18.7. The molecule has 11 heteroatoms. The number of carboxylic acids is 1. The molecule has 0 saturated heterocycles. The first-order chi connectivity index (χ1) is 12.0. The van der Waals surface area contributed by atoms with Crippen LogP contribution in [0.4, 0.5) is 5.69 Å². The number of nitrogens with zero attached hydrogens (tertiary/aromatic N) is 1. The molecular weight excluding hydrogens is 544 g/mol. The molecule has 0 fully saturated rings. The molecule has 0 radical (unpaired) electrons. The standard InChI is InChI=1S/C15H15Br3N2O6/c1-6(21)20(3)13-11(17)8(10(16)9(12(13)18)15(24)25)14(23)19-4-5-26-7(2)22/h4-5H2,1-3H3,(H,19,23)(H,24,25). The Balaban J connectivity index is 3.42. The summed E-state index contributed by atoms with van der Waals surface area (Å²) in [6.07, 6.45) is 0. The van der Waals surface area contributed by atoms with E-state index < -0.39 is 17.8 Å². The number of benzene rings is 1. The van der Waals surface area contributed by atoms with Gasteiger partial charge >= 0.3 is 11.9 Å². The van der Waals surface area contributed by atoms with E-state index in [9.17, 15) is 24.3 Å². The van der Waals surface area contributed by atoms with Crippen molar-refractivity contribution in [2.75, 3.05) is 25.1 Å². The van der Waals surface area contributed by atoms with Gasteiger partial charge in [0.1, 0.15) is 6.61 Å². The highest BCUT2D eigenvalue weighted by atomic mass is 79.9. The molecule has 0 spiro atoms. The van der Waals surface area contributed by atoms with Gasteiger partial charge in [0, 0.05) is 25.4 Å². The number of ether oxygens (including phenoxy) is 1. The van der Waals surface area contributed by atoms with E-state index in [1.165, 1.54) is 25.8 Å². The largest absolute Gasteiger partial charge is 0.478 e. The molecule has 26 heavy (non-hydrogen) atoms. The van der Waals surface area contributed by atoms with Crippen LogP contribution >= 0.6 is 47.8 Å². The van der Waals surface area contributed by atoms with E-state index >= 15 is 0 Å². The van der Waals surface area contributed by atoms with Crippen LogP contribution in [0.1, 0.15) is 34.6 Å². The molecule has 1 aromatic carbocycles. The Bertz CT molecular complexity index is 781. The number of carbonyl (C=O) groups excluding carboxylic acids is 3. The maximum Gasteiger partial charge on any atom is 0.338 e. The SMILES string of the molecule is CC(=O)OCCNC(=O)c1c(Br)c(C(=O)O)c(Br)c(N(C)C(C)=O)c1Br. The first-order valence-corrected chi connectivity index (χ1v) is 9.48. The van der Waals surface area contributed by atoms with Crippen LogP contribution in [0.25, 0.3) is 0 Å². The maximum absolute atomic E-state index is 12.5. The van der Waals surface area contributed by atoms with Crippen molar-refractivity contribution in [2.24, 2.45) is 0 Å². The summed E-state index contributed by atoms with van der Waals surface area (Å²) >= 11 is 9.61. The fourth-order valence-electron chi connectivity index (χ4n) is 1.94. The summed E-state index contributed by atoms with van der Waals surface area (Å²) in [6, 6.07) is 0. The lowest BCUT2D eigenvalue weighted by Crippen LogP contribution is -2.30. The van der Waals surface area contributed by atoms with E-state index in [1.807, 2.05) is 0 Å². The van der Waals surface area contributed by atoms with Crippen molar-refractivity contribution in [3.05, 3.63) is 24.5 Å². The monoisotopic (exact) mass is 556 g/mol. The molecular formula is C15H15Br3N2O6. The van der Waals surface area contributed by atoms with Gasteiger partial charge in [-0.2, -0.15) is 0 Å². The minimum Gasteiger partial charge on any atom is -0.478 e. The number of halogens is 3. The summed E-state index contributed by atoms with van der Waals surface area (Å²) in [7, 11) is 1.45. The quantitative estimate of drug-likeness (QED) is 0.410. The Hall–Kier alpha value is -1.46. The summed E-state index contributed by atoms with van der Waals surface area (Å²) < 4.78 is 5.13. The van der Waals surface area contributed by atoms with Gasteiger partial charge in [0.25, 0.3) is 5.91 Å². The predicted molar refractivity (Wildman–Crippen MR) is 105 cm³/mol. The summed E-state index contributed by atoms with van der Waals surface area (Å²) in [5.41, 5.74) is -0.0128. The number of aromatic carboxylic acids is 1. The van der Waals surface area contributed by atoms with Crippen molar-refractivity contribution in [2.45, 2.75) is 13.8 Å². The third kappa shape index (κ3) is 5.04. The minimum absolute atomic E-state index is 0.00322. The third-order valence-electron chi connectivity index (χ3n) is 3.24. The van der Waals surface area contributed by atoms with E-state index in [1.54, 1.807) is 0 Å². The number of hydrogen-bond donors (Lipinski definition) is 2. The summed E-state index contributed by atoms with van der Waals surface area (Å²) in [6.45, 7) is 2.55. The van der Waals surface area contributed by atoms with Crippen LogP contribution in [-0.2, 0) is 14.3 Å². The fraction of sp³-hybridized carbons (Fsp3) is 0.333. The van der Waals surface area contributed by atoms with E-state index in [-0.39, 0.29) is 49.3 Å². The third-order valence-corrected chi connectivity index (χ3v) is 5.57. The molecule has 2 amide bonds. The molecule has 0 aromatic heterocycles. The molecule has 2 N–H and O–H groups in total. The number of rotatable bonds is 6. The Morgan fingerprint density at radius 3 is 2.04 bits per heavy atom. The second-order valence-corrected chi connectivity index (χ2v) is 7.40. The van der Waals surface area contributed by atoms with Gasteiger partial charge in [-0.3, -0.25) is 14.4 Å². The molecule has 0 aliphatic heterocycles. The van der Waals surface area contributed by atoms with Gasteiger partial charge in [0.2, 0.25) is 5.91 Å². The van der Waals surface area contributed by atoms with Crippen LogP contribution in [0.15, 0.2) is 13.4 Å².